The van der Waals surface area contributed by atoms with Crippen molar-refractivity contribution in [2.24, 2.45) is 5.10 Å². The highest BCUT2D eigenvalue weighted by Gasteiger charge is 2.26. The smallest absolute Gasteiger partial charge is 0.271 e. The van der Waals surface area contributed by atoms with E-state index in [1.807, 2.05) is 6.92 Å². The molecule has 2 amide bonds. The molecule has 7 heteroatoms. The van der Waals surface area contributed by atoms with E-state index in [-0.39, 0.29) is 24.5 Å². The largest absolute Gasteiger partial charge is 0.321 e. The minimum absolute atomic E-state index is 0.154. The van der Waals surface area contributed by atoms with Gasteiger partial charge in [-0.2, -0.15) is 5.10 Å². The molecule has 3 rings (SSSR count). The van der Waals surface area contributed by atoms with Gasteiger partial charge in [-0.25, -0.2) is 9.40 Å². The summed E-state index contributed by atoms with van der Waals surface area (Å²) in [5.74, 6) is -1.14. The zero-order valence-corrected chi connectivity index (χ0v) is 14.2. The molecule has 0 bridgehead atoms. The Hall–Kier alpha value is -2.73. The summed E-state index contributed by atoms with van der Waals surface area (Å²) < 4.78 is 13.2. The van der Waals surface area contributed by atoms with Crippen LogP contribution in [0.15, 0.2) is 47.6 Å². The number of rotatable bonds is 3. The van der Waals surface area contributed by atoms with E-state index in [0.29, 0.717) is 16.4 Å². The molecule has 0 saturated carbocycles. The van der Waals surface area contributed by atoms with Crippen molar-refractivity contribution in [1.82, 2.24) is 0 Å². The SMILES string of the molecule is Cc1ccc(N2N=C(C(=O)Nc3cccc(F)c3)CCC2=O)cc1Cl. The lowest BCUT2D eigenvalue weighted by molar-refractivity contribution is -0.118. The number of hydrogen-bond acceptors (Lipinski definition) is 3. The lowest BCUT2D eigenvalue weighted by atomic mass is 10.1. The van der Waals surface area contributed by atoms with Crippen LogP contribution in [-0.4, -0.2) is 17.5 Å². The van der Waals surface area contributed by atoms with Crippen molar-refractivity contribution in [2.45, 2.75) is 19.8 Å². The molecule has 0 radical (unpaired) electrons. The normalized spacial score (nSPS) is 14.3. The molecular formula is C18H15ClFN3O2. The number of carbonyl (C=O) groups excluding carboxylic acids is 2. The predicted molar refractivity (Wildman–Crippen MR) is 95.4 cm³/mol. The number of hydrazone groups is 1. The molecule has 1 aliphatic heterocycles. The number of hydrogen-bond donors (Lipinski definition) is 1. The second-order valence-electron chi connectivity index (χ2n) is 5.65. The molecule has 0 aromatic heterocycles. The van der Waals surface area contributed by atoms with Gasteiger partial charge in [-0.3, -0.25) is 9.59 Å². The van der Waals surface area contributed by atoms with Crippen LogP contribution in [0.5, 0.6) is 0 Å². The van der Waals surface area contributed by atoms with E-state index in [2.05, 4.69) is 10.4 Å². The standard InChI is InChI=1S/C18H15ClFN3O2/c1-11-5-6-14(10-15(11)19)23-17(24)8-7-16(22-23)18(25)21-13-4-2-3-12(20)9-13/h2-6,9-10H,7-8H2,1H3,(H,21,25). The number of amides is 2. The number of carbonyl (C=O) groups is 2. The first-order valence-corrected chi connectivity index (χ1v) is 8.05. The minimum atomic E-state index is -0.471. The van der Waals surface area contributed by atoms with Crippen molar-refractivity contribution in [2.75, 3.05) is 10.3 Å². The van der Waals surface area contributed by atoms with Crippen LogP contribution >= 0.6 is 11.6 Å². The molecule has 5 nitrogen and oxygen atoms in total. The fraction of sp³-hybridized carbons (Fsp3) is 0.167. The van der Waals surface area contributed by atoms with Crippen molar-refractivity contribution < 1.29 is 14.0 Å². The van der Waals surface area contributed by atoms with Crippen LogP contribution in [0.4, 0.5) is 15.8 Å². The molecule has 1 aliphatic rings. The highest BCUT2D eigenvalue weighted by Crippen LogP contribution is 2.26. The highest BCUT2D eigenvalue weighted by atomic mass is 35.5. The Labute approximate surface area is 149 Å². The average molecular weight is 360 g/mol. The molecule has 2 aromatic rings. The van der Waals surface area contributed by atoms with Gasteiger partial charge in [0.2, 0.25) is 5.91 Å². The maximum absolute atomic E-state index is 13.2. The van der Waals surface area contributed by atoms with Crippen LogP contribution in [0, 0.1) is 12.7 Å². The number of nitrogens with one attached hydrogen (secondary N) is 1. The Bertz CT molecular complexity index is 882. The number of benzene rings is 2. The topological polar surface area (TPSA) is 61.8 Å². The van der Waals surface area contributed by atoms with E-state index in [1.54, 1.807) is 24.3 Å². The number of halogens is 2. The molecular weight excluding hydrogens is 345 g/mol. The van der Waals surface area contributed by atoms with E-state index in [4.69, 9.17) is 11.6 Å². The monoisotopic (exact) mass is 359 g/mol. The van der Waals surface area contributed by atoms with Gasteiger partial charge in [-0.15, -0.1) is 0 Å². The van der Waals surface area contributed by atoms with Gasteiger partial charge in [0, 0.05) is 23.6 Å². The molecule has 0 saturated heterocycles. The van der Waals surface area contributed by atoms with Crippen LogP contribution < -0.4 is 10.3 Å². The van der Waals surface area contributed by atoms with Gasteiger partial charge in [0.05, 0.1) is 5.69 Å². The summed E-state index contributed by atoms with van der Waals surface area (Å²) in [6.07, 6.45) is 0.372. The van der Waals surface area contributed by atoms with Gasteiger partial charge in [-0.1, -0.05) is 23.7 Å². The van der Waals surface area contributed by atoms with Crippen molar-refractivity contribution >= 4 is 40.5 Å². The third-order valence-electron chi connectivity index (χ3n) is 3.78. The Kier molecular flexibility index (Phi) is 4.81. The summed E-state index contributed by atoms with van der Waals surface area (Å²) in [5.41, 5.74) is 1.90. The molecule has 1 N–H and O–H groups in total. The van der Waals surface area contributed by atoms with Crippen molar-refractivity contribution in [1.29, 1.82) is 0 Å². The maximum atomic E-state index is 13.2. The third-order valence-corrected chi connectivity index (χ3v) is 4.18. The quantitative estimate of drug-likeness (QED) is 0.903. The third kappa shape index (κ3) is 3.85. The number of aryl methyl sites for hydroxylation is 1. The van der Waals surface area contributed by atoms with E-state index in [1.165, 1.54) is 23.2 Å². The molecule has 0 spiro atoms. The molecule has 1 heterocycles. The summed E-state index contributed by atoms with van der Waals surface area (Å²) in [6.45, 7) is 1.85. The van der Waals surface area contributed by atoms with E-state index >= 15 is 0 Å². The second-order valence-corrected chi connectivity index (χ2v) is 6.06. The Morgan fingerprint density at radius 1 is 1.24 bits per heavy atom. The second kappa shape index (κ2) is 7.03. The molecule has 0 fully saturated rings. The Morgan fingerprint density at radius 3 is 2.76 bits per heavy atom. The van der Waals surface area contributed by atoms with E-state index < -0.39 is 11.7 Å². The van der Waals surface area contributed by atoms with Gasteiger partial charge in [0.15, 0.2) is 0 Å². The van der Waals surface area contributed by atoms with Crippen LogP contribution in [-0.2, 0) is 9.59 Å². The number of anilines is 2. The van der Waals surface area contributed by atoms with Crippen LogP contribution in [0.2, 0.25) is 5.02 Å². The molecule has 0 atom stereocenters. The predicted octanol–water partition coefficient (Wildman–Crippen LogP) is 3.91. The van der Waals surface area contributed by atoms with E-state index in [9.17, 15) is 14.0 Å². The van der Waals surface area contributed by atoms with Gasteiger partial charge in [0.1, 0.15) is 11.5 Å². The Morgan fingerprint density at radius 2 is 2.04 bits per heavy atom. The number of nitrogens with zero attached hydrogens (tertiary/aromatic N) is 2. The summed E-state index contributed by atoms with van der Waals surface area (Å²) >= 11 is 6.10. The first-order valence-electron chi connectivity index (χ1n) is 7.67. The summed E-state index contributed by atoms with van der Waals surface area (Å²) in [5, 5.41) is 8.43. The lowest BCUT2D eigenvalue weighted by Gasteiger charge is -2.23. The fourth-order valence-electron chi connectivity index (χ4n) is 2.40. The average Bonchev–Trinajstić information content (AvgIpc) is 2.58. The van der Waals surface area contributed by atoms with Gasteiger partial charge in [-0.05, 0) is 42.8 Å². The first kappa shape index (κ1) is 17.1. The first-order chi connectivity index (χ1) is 11.9. The summed E-state index contributed by atoms with van der Waals surface area (Å²) in [4.78, 5) is 24.5. The Balaban J connectivity index is 1.84. The van der Waals surface area contributed by atoms with Crippen LogP contribution in [0.3, 0.4) is 0 Å². The molecule has 0 aliphatic carbocycles. The zero-order chi connectivity index (χ0) is 18.0. The van der Waals surface area contributed by atoms with Crippen LogP contribution in [0.1, 0.15) is 18.4 Å². The highest BCUT2D eigenvalue weighted by molar-refractivity contribution is 6.44. The van der Waals surface area contributed by atoms with Gasteiger partial charge < -0.3 is 5.32 Å². The van der Waals surface area contributed by atoms with Gasteiger partial charge in [0.25, 0.3) is 5.91 Å². The molecule has 0 unspecified atom stereocenters. The van der Waals surface area contributed by atoms with E-state index in [0.717, 1.165) is 5.56 Å². The minimum Gasteiger partial charge on any atom is -0.321 e. The molecule has 25 heavy (non-hydrogen) atoms. The van der Waals surface area contributed by atoms with Crippen molar-refractivity contribution in [3.63, 3.8) is 0 Å². The zero-order valence-electron chi connectivity index (χ0n) is 13.4. The molecule has 128 valence electrons. The maximum Gasteiger partial charge on any atom is 0.271 e. The van der Waals surface area contributed by atoms with Gasteiger partial charge >= 0.3 is 0 Å². The summed E-state index contributed by atoms with van der Waals surface area (Å²) in [6, 6.07) is 10.7. The summed E-state index contributed by atoms with van der Waals surface area (Å²) in [7, 11) is 0. The van der Waals surface area contributed by atoms with Crippen molar-refractivity contribution in [3.8, 4) is 0 Å². The fourth-order valence-corrected chi connectivity index (χ4v) is 2.58. The van der Waals surface area contributed by atoms with Crippen molar-refractivity contribution in [3.05, 3.63) is 58.9 Å². The lowest BCUT2D eigenvalue weighted by Crippen LogP contribution is -2.36. The van der Waals surface area contributed by atoms with Crippen LogP contribution in [0.25, 0.3) is 0 Å². The molecule has 2 aromatic carbocycles.